The number of rotatable bonds is 6. The molecule has 2 nitrogen and oxygen atoms in total. The molecule has 0 radical (unpaired) electrons. The van der Waals surface area contributed by atoms with Gasteiger partial charge < -0.3 is 11.1 Å². The van der Waals surface area contributed by atoms with Crippen molar-refractivity contribution in [3.8, 4) is 0 Å². The minimum absolute atomic E-state index is 0.710. The Hall–Kier alpha value is -0.860. The Kier molecular flexibility index (Phi) is 5.37. The summed E-state index contributed by atoms with van der Waals surface area (Å²) in [5.74, 6) is 0.710. The van der Waals surface area contributed by atoms with Crippen LogP contribution < -0.4 is 11.1 Å². The van der Waals surface area contributed by atoms with Crippen molar-refractivity contribution >= 4 is 0 Å². The lowest BCUT2D eigenvalue weighted by atomic mass is 10.1. The predicted octanol–water partition coefficient (Wildman–Crippen LogP) is 1.93. The third-order valence-corrected chi connectivity index (χ3v) is 2.34. The lowest BCUT2D eigenvalue weighted by molar-refractivity contribution is 0.552. The van der Waals surface area contributed by atoms with Gasteiger partial charge in [0.05, 0.1) is 0 Å². The molecular formula is C13H22N2. The Morgan fingerprint density at radius 2 is 1.73 bits per heavy atom. The molecule has 0 bridgehead atoms. The maximum Gasteiger partial charge on any atom is 0.0205 e. The highest BCUT2D eigenvalue weighted by atomic mass is 14.8. The average molecular weight is 206 g/mol. The van der Waals surface area contributed by atoms with Crippen molar-refractivity contribution in [3.63, 3.8) is 0 Å². The zero-order valence-corrected chi connectivity index (χ0v) is 9.79. The van der Waals surface area contributed by atoms with Crippen molar-refractivity contribution in [2.75, 3.05) is 13.1 Å². The van der Waals surface area contributed by atoms with Crippen LogP contribution >= 0.6 is 0 Å². The molecule has 15 heavy (non-hydrogen) atoms. The van der Waals surface area contributed by atoms with Gasteiger partial charge in [-0.05, 0) is 36.6 Å². The number of nitrogens with one attached hydrogen (secondary N) is 1. The molecular weight excluding hydrogens is 184 g/mol. The summed E-state index contributed by atoms with van der Waals surface area (Å²) < 4.78 is 0. The van der Waals surface area contributed by atoms with Gasteiger partial charge in [-0.1, -0.05) is 38.1 Å². The highest BCUT2D eigenvalue weighted by molar-refractivity contribution is 5.22. The minimum atomic E-state index is 0.710. The van der Waals surface area contributed by atoms with Gasteiger partial charge in [-0.25, -0.2) is 0 Å². The van der Waals surface area contributed by atoms with Gasteiger partial charge in [0.1, 0.15) is 0 Å². The monoisotopic (exact) mass is 206 g/mol. The normalized spacial score (nSPS) is 10.9. The fourth-order valence-corrected chi connectivity index (χ4v) is 1.50. The van der Waals surface area contributed by atoms with Crippen LogP contribution in [-0.4, -0.2) is 13.1 Å². The van der Waals surface area contributed by atoms with Gasteiger partial charge in [0, 0.05) is 6.54 Å². The van der Waals surface area contributed by atoms with E-state index in [-0.39, 0.29) is 0 Å². The molecule has 3 N–H and O–H groups in total. The van der Waals surface area contributed by atoms with Crippen LogP contribution in [0.5, 0.6) is 0 Å². The van der Waals surface area contributed by atoms with Crippen molar-refractivity contribution in [3.05, 3.63) is 35.4 Å². The van der Waals surface area contributed by atoms with E-state index in [0.29, 0.717) is 5.92 Å². The summed E-state index contributed by atoms with van der Waals surface area (Å²) in [6.07, 6.45) is 0.972. The van der Waals surface area contributed by atoms with Crippen molar-refractivity contribution in [1.82, 2.24) is 5.32 Å². The van der Waals surface area contributed by atoms with Crippen molar-refractivity contribution in [1.29, 1.82) is 0 Å². The minimum Gasteiger partial charge on any atom is -0.330 e. The molecule has 0 saturated carbocycles. The van der Waals surface area contributed by atoms with Crippen molar-refractivity contribution < 1.29 is 0 Å². The van der Waals surface area contributed by atoms with E-state index in [9.17, 15) is 0 Å². The molecule has 0 unspecified atom stereocenters. The van der Waals surface area contributed by atoms with E-state index in [1.165, 1.54) is 11.1 Å². The standard InChI is InChI=1S/C13H22N2/c1-11(2)9-15-10-13-5-3-12(4-6-13)7-8-14/h3-6,11,15H,7-10,14H2,1-2H3. The SMILES string of the molecule is CC(C)CNCc1ccc(CCN)cc1. The predicted molar refractivity (Wildman–Crippen MR) is 65.7 cm³/mol. The third kappa shape index (κ3) is 4.96. The van der Waals surface area contributed by atoms with E-state index in [0.717, 1.165) is 26.1 Å². The summed E-state index contributed by atoms with van der Waals surface area (Å²) in [5, 5.41) is 3.43. The van der Waals surface area contributed by atoms with Crippen LogP contribution in [0.15, 0.2) is 24.3 Å². The Balaban J connectivity index is 2.36. The quantitative estimate of drug-likeness (QED) is 0.746. The summed E-state index contributed by atoms with van der Waals surface area (Å²) in [6, 6.07) is 8.69. The number of hydrogen-bond acceptors (Lipinski definition) is 2. The van der Waals surface area contributed by atoms with Crippen LogP contribution in [0.4, 0.5) is 0 Å². The molecule has 0 aliphatic heterocycles. The van der Waals surface area contributed by atoms with Gasteiger partial charge in [-0.3, -0.25) is 0 Å². The van der Waals surface area contributed by atoms with Gasteiger partial charge in [0.15, 0.2) is 0 Å². The smallest absolute Gasteiger partial charge is 0.0205 e. The fraction of sp³-hybridized carbons (Fsp3) is 0.538. The Morgan fingerprint density at radius 3 is 2.27 bits per heavy atom. The van der Waals surface area contributed by atoms with E-state index in [2.05, 4.69) is 43.4 Å². The molecule has 0 saturated heterocycles. The zero-order chi connectivity index (χ0) is 11.1. The molecule has 84 valence electrons. The number of nitrogens with two attached hydrogens (primary N) is 1. The van der Waals surface area contributed by atoms with Crippen LogP contribution in [0.25, 0.3) is 0 Å². The first-order chi connectivity index (χ1) is 7.22. The van der Waals surface area contributed by atoms with Crippen LogP contribution in [0, 0.1) is 5.92 Å². The van der Waals surface area contributed by atoms with Crippen LogP contribution in [-0.2, 0) is 13.0 Å². The molecule has 0 atom stereocenters. The summed E-state index contributed by atoms with van der Waals surface area (Å²) in [5.41, 5.74) is 8.17. The highest BCUT2D eigenvalue weighted by Crippen LogP contribution is 2.04. The lowest BCUT2D eigenvalue weighted by Gasteiger charge is -2.07. The lowest BCUT2D eigenvalue weighted by Crippen LogP contribution is -2.18. The first-order valence-corrected chi connectivity index (χ1v) is 5.71. The maximum absolute atomic E-state index is 5.50. The van der Waals surface area contributed by atoms with Crippen molar-refractivity contribution in [2.45, 2.75) is 26.8 Å². The molecule has 1 aromatic carbocycles. The van der Waals surface area contributed by atoms with E-state index in [1.54, 1.807) is 0 Å². The van der Waals surface area contributed by atoms with E-state index >= 15 is 0 Å². The molecule has 0 aromatic heterocycles. The molecule has 0 amide bonds. The topological polar surface area (TPSA) is 38.0 Å². The van der Waals surface area contributed by atoms with E-state index < -0.39 is 0 Å². The van der Waals surface area contributed by atoms with Gasteiger partial charge >= 0.3 is 0 Å². The Morgan fingerprint density at radius 1 is 1.13 bits per heavy atom. The van der Waals surface area contributed by atoms with Crippen LogP contribution in [0.3, 0.4) is 0 Å². The van der Waals surface area contributed by atoms with E-state index in [4.69, 9.17) is 5.73 Å². The molecule has 0 aliphatic carbocycles. The fourth-order valence-electron chi connectivity index (χ4n) is 1.50. The Bertz CT molecular complexity index is 264. The van der Waals surface area contributed by atoms with Crippen molar-refractivity contribution in [2.24, 2.45) is 11.7 Å². The van der Waals surface area contributed by atoms with Gasteiger partial charge in [-0.2, -0.15) is 0 Å². The third-order valence-electron chi connectivity index (χ3n) is 2.34. The molecule has 0 aliphatic rings. The Labute approximate surface area is 92.9 Å². The number of benzene rings is 1. The highest BCUT2D eigenvalue weighted by Gasteiger charge is 1.95. The molecule has 0 spiro atoms. The second-order valence-corrected chi connectivity index (χ2v) is 4.38. The first-order valence-electron chi connectivity index (χ1n) is 5.71. The summed E-state index contributed by atoms with van der Waals surface area (Å²) >= 11 is 0. The zero-order valence-electron chi connectivity index (χ0n) is 9.79. The summed E-state index contributed by atoms with van der Waals surface area (Å²) in [4.78, 5) is 0. The van der Waals surface area contributed by atoms with Crippen LogP contribution in [0.1, 0.15) is 25.0 Å². The molecule has 0 fully saturated rings. The maximum atomic E-state index is 5.50. The molecule has 2 heteroatoms. The average Bonchev–Trinajstić information content (AvgIpc) is 2.20. The summed E-state index contributed by atoms with van der Waals surface area (Å²) in [6.45, 7) is 7.20. The van der Waals surface area contributed by atoms with Gasteiger partial charge in [0.2, 0.25) is 0 Å². The van der Waals surface area contributed by atoms with Gasteiger partial charge in [0.25, 0.3) is 0 Å². The van der Waals surface area contributed by atoms with Crippen LogP contribution in [0.2, 0.25) is 0 Å². The van der Waals surface area contributed by atoms with Gasteiger partial charge in [-0.15, -0.1) is 0 Å². The second-order valence-electron chi connectivity index (χ2n) is 4.38. The number of hydrogen-bond donors (Lipinski definition) is 2. The molecule has 1 aromatic rings. The summed E-state index contributed by atoms with van der Waals surface area (Å²) in [7, 11) is 0. The molecule has 0 heterocycles. The first kappa shape index (κ1) is 12.2. The molecule has 1 rings (SSSR count). The second kappa shape index (κ2) is 6.59. The largest absolute Gasteiger partial charge is 0.330 e. The van der Waals surface area contributed by atoms with E-state index in [1.807, 2.05) is 0 Å².